The maximum Gasteiger partial charge on any atom is 0.0167 e. The smallest absolute Gasteiger partial charge is 0.0167 e. The van der Waals surface area contributed by atoms with Crippen LogP contribution in [0.4, 0.5) is 0 Å². The Hall–Kier alpha value is -0.170. The lowest BCUT2D eigenvalue weighted by Gasteiger charge is -2.17. The van der Waals surface area contributed by atoms with Crippen LogP contribution in [0.15, 0.2) is 22.6 Å². The summed E-state index contributed by atoms with van der Waals surface area (Å²) in [5, 5.41) is 0.981. The highest BCUT2D eigenvalue weighted by Gasteiger charge is 2.48. The van der Waals surface area contributed by atoms with Gasteiger partial charge in [0, 0.05) is 10.2 Å². The van der Waals surface area contributed by atoms with E-state index in [0.29, 0.717) is 0 Å². The van der Waals surface area contributed by atoms with Crippen LogP contribution in [0.3, 0.4) is 0 Å². The molecule has 0 radical (unpaired) electrons. The quantitative estimate of drug-likeness (QED) is 0.530. The molecule has 2 atom stereocenters. The highest BCUT2D eigenvalue weighted by molar-refractivity contribution is 8.04. The molecule has 0 spiro atoms. The lowest BCUT2D eigenvalue weighted by Crippen LogP contribution is -1.98. The molecule has 0 nitrogen and oxygen atoms in total. The van der Waals surface area contributed by atoms with E-state index in [9.17, 15) is 0 Å². The van der Waals surface area contributed by atoms with E-state index < -0.39 is 0 Å². The summed E-state index contributed by atoms with van der Waals surface area (Å²) in [6.07, 6.45) is 5.46. The van der Waals surface area contributed by atoms with Crippen LogP contribution in [0.2, 0.25) is 0 Å². The number of thioether (sulfide) groups is 1. The first kappa shape index (κ1) is 6.36. The predicted octanol–water partition coefficient (Wildman–Crippen LogP) is 3.12. The van der Waals surface area contributed by atoms with Gasteiger partial charge in [-0.15, -0.1) is 11.8 Å². The lowest BCUT2D eigenvalue weighted by atomic mass is 9.93. The van der Waals surface area contributed by atoms with Crippen molar-refractivity contribution >= 4 is 11.8 Å². The first-order valence-electron chi connectivity index (χ1n) is 4.44. The average molecular weight is 164 g/mol. The topological polar surface area (TPSA) is 0 Å². The van der Waals surface area contributed by atoms with Crippen molar-refractivity contribution in [2.75, 3.05) is 0 Å². The molecule has 3 rings (SSSR count). The summed E-state index contributed by atoms with van der Waals surface area (Å²) in [5.41, 5.74) is 3.21. The molecular weight excluding hydrogens is 152 g/mol. The normalized spacial score (nSPS) is 40.5. The van der Waals surface area contributed by atoms with Crippen LogP contribution in [0.1, 0.15) is 25.7 Å². The minimum atomic E-state index is 0.981. The van der Waals surface area contributed by atoms with E-state index in [1.165, 1.54) is 31.3 Å². The third-order valence-corrected chi connectivity index (χ3v) is 4.60. The second-order valence-electron chi connectivity index (χ2n) is 3.81. The van der Waals surface area contributed by atoms with Crippen LogP contribution < -0.4 is 0 Å². The van der Waals surface area contributed by atoms with Gasteiger partial charge in [-0.1, -0.05) is 12.2 Å². The minimum Gasteiger partial charge on any atom is -0.122 e. The molecule has 0 aromatic rings. The highest BCUT2D eigenvalue weighted by atomic mass is 32.2. The van der Waals surface area contributed by atoms with Crippen molar-refractivity contribution in [1.29, 1.82) is 0 Å². The van der Waals surface area contributed by atoms with Crippen LogP contribution >= 0.6 is 11.8 Å². The third-order valence-electron chi connectivity index (χ3n) is 2.99. The molecule has 1 saturated carbocycles. The van der Waals surface area contributed by atoms with Crippen LogP contribution in [0, 0.1) is 5.92 Å². The Kier molecular flexibility index (Phi) is 1.13. The molecule has 1 fully saturated rings. The maximum atomic E-state index is 4.13. The van der Waals surface area contributed by atoms with E-state index in [2.05, 4.69) is 18.3 Å². The zero-order chi connectivity index (χ0) is 7.42. The molecule has 0 amide bonds. The van der Waals surface area contributed by atoms with Gasteiger partial charge in [-0.05, 0) is 37.2 Å². The van der Waals surface area contributed by atoms with E-state index in [4.69, 9.17) is 0 Å². The first-order valence-corrected chi connectivity index (χ1v) is 5.32. The van der Waals surface area contributed by atoms with Crippen LogP contribution in [-0.4, -0.2) is 5.25 Å². The molecule has 11 heavy (non-hydrogen) atoms. The summed E-state index contributed by atoms with van der Waals surface area (Å²) >= 11 is 2.11. The molecule has 1 heteroatoms. The van der Waals surface area contributed by atoms with Crippen LogP contribution in [0.5, 0.6) is 0 Å². The van der Waals surface area contributed by atoms with Gasteiger partial charge in [0.1, 0.15) is 0 Å². The summed E-state index contributed by atoms with van der Waals surface area (Å²) in [7, 11) is 0. The number of hydrogen-bond acceptors (Lipinski definition) is 1. The van der Waals surface area contributed by atoms with Crippen molar-refractivity contribution in [1.82, 2.24) is 0 Å². The van der Waals surface area contributed by atoms with Gasteiger partial charge in [0.15, 0.2) is 0 Å². The number of hydrogen-bond donors (Lipinski definition) is 0. The fraction of sp³-hybridized carbons (Fsp3) is 0.600. The standard InChI is InChI=1S/C10H12S/c1-6-3-2-4-7-8-5-9(8)11-10(6)7/h8-9H,1-5H2. The SMILES string of the molecule is C=C1CCCC2=C1SC1CC21. The van der Waals surface area contributed by atoms with E-state index in [1.807, 2.05) is 0 Å². The van der Waals surface area contributed by atoms with E-state index in [0.717, 1.165) is 11.2 Å². The second kappa shape index (κ2) is 1.95. The summed E-state index contributed by atoms with van der Waals surface area (Å²) in [6, 6.07) is 0. The van der Waals surface area contributed by atoms with E-state index in [-0.39, 0.29) is 0 Å². The van der Waals surface area contributed by atoms with Crippen molar-refractivity contribution in [3.05, 3.63) is 22.6 Å². The van der Waals surface area contributed by atoms with Crippen LogP contribution in [0.25, 0.3) is 0 Å². The molecule has 0 aromatic carbocycles. The molecule has 1 aliphatic heterocycles. The number of fused-ring (bicyclic) bond motifs is 2. The van der Waals surface area contributed by atoms with Crippen molar-refractivity contribution in [2.24, 2.45) is 5.92 Å². The van der Waals surface area contributed by atoms with Gasteiger partial charge in [-0.3, -0.25) is 0 Å². The van der Waals surface area contributed by atoms with Gasteiger partial charge in [-0.2, -0.15) is 0 Å². The molecular formula is C10H12S. The second-order valence-corrected chi connectivity index (χ2v) is 5.06. The number of rotatable bonds is 0. The van der Waals surface area contributed by atoms with Crippen molar-refractivity contribution in [3.63, 3.8) is 0 Å². The van der Waals surface area contributed by atoms with Gasteiger partial charge >= 0.3 is 0 Å². The lowest BCUT2D eigenvalue weighted by molar-refractivity contribution is 0.740. The molecule has 2 aliphatic carbocycles. The Balaban J connectivity index is 2.03. The van der Waals surface area contributed by atoms with E-state index in [1.54, 1.807) is 10.5 Å². The Morgan fingerprint density at radius 1 is 1.36 bits per heavy atom. The largest absolute Gasteiger partial charge is 0.122 e. The van der Waals surface area contributed by atoms with Gasteiger partial charge < -0.3 is 0 Å². The van der Waals surface area contributed by atoms with Crippen molar-refractivity contribution in [3.8, 4) is 0 Å². The maximum absolute atomic E-state index is 4.13. The first-order chi connectivity index (χ1) is 5.36. The molecule has 58 valence electrons. The van der Waals surface area contributed by atoms with Crippen molar-refractivity contribution in [2.45, 2.75) is 30.9 Å². The fourth-order valence-corrected chi connectivity index (χ4v) is 3.89. The van der Waals surface area contributed by atoms with Gasteiger partial charge in [0.2, 0.25) is 0 Å². The molecule has 1 heterocycles. The molecule has 0 saturated heterocycles. The number of allylic oxidation sites excluding steroid dienone is 2. The zero-order valence-electron chi connectivity index (χ0n) is 6.60. The van der Waals surface area contributed by atoms with Crippen molar-refractivity contribution < 1.29 is 0 Å². The predicted molar refractivity (Wildman–Crippen MR) is 49.5 cm³/mol. The third kappa shape index (κ3) is 0.778. The Labute approximate surface area is 71.8 Å². The van der Waals surface area contributed by atoms with Gasteiger partial charge in [0.05, 0.1) is 0 Å². The summed E-state index contributed by atoms with van der Waals surface area (Å²) in [6.45, 7) is 4.13. The fourth-order valence-electron chi connectivity index (χ4n) is 2.28. The van der Waals surface area contributed by atoms with Gasteiger partial charge in [0.25, 0.3) is 0 Å². The van der Waals surface area contributed by atoms with Gasteiger partial charge in [-0.25, -0.2) is 0 Å². The van der Waals surface area contributed by atoms with E-state index >= 15 is 0 Å². The zero-order valence-corrected chi connectivity index (χ0v) is 7.41. The molecule has 3 aliphatic rings. The summed E-state index contributed by atoms with van der Waals surface area (Å²) < 4.78 is 0. The molecule has 2 unspecified atom stereocenters. The minimum absolute atomic E-state index is 0.981. The Morgan fingerprint density at radius 2 is 2.27 bits per heavy atom. The van der Waals surface area contributed by atoms with Crippen LogP contribution in [-0.2, 0) is 0 Å². The highest BCUT2D eigenvalue weighted by Crippen LogP contribution is 2.61. The summed E-state index contributed by atoms with van der Waals surface area (Å²) in [5.74, 6) is 0.993. The molecule has 0 N–H and O–H groups in total. The Bertz CT molecular complexity index is 262. The summed E-state index contributed by atoms with van der Waals surface area (Å²) in [4.78, 5) is 1.61. The molecule has 0 bridgehead atoms. The average Bonchev–Trinajstić information content (AvgIpc) is 2.67. The Morgan fingerprint density at radius 3 is 3.09 bits per heavy atom. The monoisotopic (exact) mass is 164 g/mol. The molecule has 0 aromatic heterocycles.